The molecule has 0 aromatic carbocycles. The first-order valence-electron chi connectivity index (χ1n) is 6.85. The van der Waals surface area contributed by atoms with Crippen LogP contribution in [0.5, 0.6) is 0 Å². The number of hydrogen-bond donors (Lipinski definition) is 1. The molecule has 1 N–H and O–H groups in total. The van der Waals surface area contributed by atoms with Crippen LogP contribution in [0.25, 0.3) is 0 Å². The van der Waals surface area contributed by atoms with E-state index in [-0.39, 0.29) is 0 Å². The Bertz CT molecular complexity index is 175. The summed E-state index contributed by atoms with van der Waals surface area (Å²) in [6.07, 6.45) is 8.02. The lowest BCUT2D eigenvalue weighted by atomic mass is 10.0. The van der Waals surface area contributed by atoms with Crippen LogP contribution in [-0.2, 0) is 9.47 Å². The van der Waals surface area contributed by atoms with Gasteiger partial charge in [-0.2, -0.15) is 0 Å². The van der Waals surface area contributed by atoms with Gasteiger partial charge in [0.2, 0.25) is 0 Å². The van der Waals surface area contributed by atoms with Crippen LogP contribution in [0.4, 0.5) is 0 Å². The van der Waals surface area contributed by atoms with E-state index < -0.39 is 0 Å². The molecular formula is C13H25NO2. The lowest BCUT2D eigenvalue weighted by Gasteiger charge is -2.22. The maximum absolute atomic E-state index is 5.74. The highest BCUT2D eigenvalue weighted by Gasteiger charge is 2.15. The first-order chi connectivity index (χ1) is 7.95. The van der Waals surface area contributed by atoms with Gasteiger partial charge >= 0.3 is 0 Å². The highest BCUT2D eigenvalue weighted by atomic mass is 16.5. The molecule has 3 nitrogen and oxygen atoms in total. The number of rotatable bonds is 6. The van der Waals surface area contributed by atoms with E-state index in [0.717, 1.165) is 38.7 Å². The summed E-state index contributed by atoms with van der Waals surface area (Å²) in [6, 6.07) is 0. The van der Waals surface area contributed by atoms with Crippen LogP contribution in [0.3, 0.4) is 0 Å². The van der Waals surface area contributed by atoms with Gasteiger partial charge in [0.1, 0.15) is 0 Å². The Morgan fingerprint density at radius 2 is 2.25 bits per heavy atom. The van der Waals surface area contributed by atoms with Crippen LogP contribution in [0.2, 0.25) is 0 Å². The van der Waals surface area contributed by atoms with Crippen molar-refractivity contribution in [2.75, 3.05) is 32.9 Å². The molecule has 0 aromatic heterocycles. The minimum Gasteiger partial charge on any atom is -0.381 e. The normalized spacial score (nSPS) is 30.8. The molecule has 0 radical (unpaired) electrons. The molecule has 2 saturated heterocycles. The zero-order valence-corrected chi connectivity index (χ0v) is 10.2. The molecule has 2 unspecified atom stereocenters. The summed E-state index contributed by atoms with van der Waals surface area (Å²) in [5, 5.41) is 3.42. The SMILES string of the molecule is C1CNCC(COCCCC2CCCO2)C1. The molecule has 0 aliphatic carbocycles. The lowest BCUT2D eigenvalue weighted by molar-refractivity contribution is 0.0655. The van der Waals surface area contributed by atoms with E-state index in [4.69, 9.17) is 9.47 Å². The predicted octanol–water partition coefficient (Wildman–Crippen LogP) is 1.96. The molecule has 2 fully saturated rings. The number of ether oxygens (including phenoxy) is 2. The second-order valence-corrected chi connectivity index (χ2v) is 5.06. The summed E-state index contributed by atoms with van der Waals surface area (Å²) in [6.45, 7) is 5.16. The molecule has 0 amide bonds. The third-order valence-electron chi connectivity index (χ3n) is 3.59. The topological polar surface area (TPSA) is 30.5 Å². The van der Waals surface area contributed by atoms with E-state index in [1.54, 1.807) is 0 Å². The number of hydrogen-bond acceptors (Lipinski definition) is 3. The largest absolute Gasteiger partial charge is 0.381 e. The van der Waals surface area contributed by atoms with Gasteiger partial charge in [0, 0.05) is 19.8 Å². The predicted molar refractivity (Wildman–Crippen MR) is 64.6 cm³/mol. The molecule has 2 rings (SSSR count). The van der Waals surface area contributed by atoms with Gasteiger partial charge < -0.3 is 14.8 Å². The summed E-state index contributed by atoms with van der Waals surface area (Å²) in [5.74, 6) is 0.747. The third-order valence-corrected chi connectivity index (χ3v) is 3.59. The van der Waals surface area contributed by atoms with Crippen LogP contribution in [0.1, 0.15) is 38.5 Å². The molecule has 0 spiro atoms. The highest BCUT2D eigenvalue weighted by Crippen LogP contribution is 2.17. The first kappa shape index (κ1) is 12.3. The average molecular weight is 227 g/mol. The van der Waals surface area contributed by atoms with Gasteiger partial charge in [0.25, 0.3) is 0 Å². The number of piperidine rings is 1. The van der Waals surface area contributed by atoms with Crippen LogP contribution >= 0.6 is 0 Å². The maximum atomic E-state index is 5.74. The molecule has 2 aliphatic heterocycles. The van der Waals surface area contributed by atoms with Crippen molar-refractivity contribution in [2.45, 2.75) is 44.6 Å². The zero-order chi connectivity index (χ0) is 11.1. The molecule has 3 heteroatoms. The van der Waals surface area contributed by atoms with Gasteiger partial charge in [-0.1, -0.05) is 0 Å². The lowest BCUT2D eigenvalue weighted by Crippen LogP contribution is -2.32. The van der Waals surface area contributed by atoms with Crippen molar-refractivity contribution in [1.82, 2.24) is 5.32 Å². The molecule has 0 aromatic rings. The standard InChI is InChI=1S/C13H25NO2/c1-4-12(10-14-7-1)11-15-8-2-5-13-6-3-9-16-13/h12-14H,1-11H2. The van der Waals surface area contributed by atoms with Crippen molar-refractivity contribution in [2.24, 2.45) is 5.92 Å². The van der Waals surface area contributed by atoms with Gasteiger partial charge in [0.05, 0.1) is 12.7 Å². The third kappa shape index (κ3) is 4.40. The first-order valence-corrected chi connectivity index (χ1v) is 6.85. The van der Waals surface area contributed by atoms with E-state index in [0.29, 0.717) is 6.10 Å². The smallest absolute Gasteiger partial charge is 0.0576 e. The van der Waals surface area contributed by atoms with Crippen LogP contribution < -0.4 is 5.32 Å². The molecule has 2 atom stereocenters. The van der Waals surface area contributed by atoms with E-state index in [1.165, 1.54) is 38.6 Å². The second-order valence-electron chi connectivity index (χ2n) is 5.06. The van der Waals surface area contributed by atoms with E-state index in [9.17, 15) is 0 Å². The van der Waals surface area contributed by atoms with E-state index in [1.807, 2.05) is 0 Å². The van der Waals surface area contributed by atoms with Gasteiger partial charge in [0.15, 0.2) is 0 Å². The van der Waals surface area contributed by atoms with Gasteiger partial charge in [-0.05, 0) is 51.0 Å². The summed E-state index contributed by atoms with van der Waals surface area (Å²) in [4.78, 5) is 0. The molecular weight excluding hydrogens is 202 g/mol. The summed E-state index contributed by atoms with van der Waals surface area (Å²) in [5.41, 5.74) is 0. The fourth-order valence-electron chi connectivity index (χ4n) is 2.60. The van der Waals surface area contributed by atoms with E-state index in [2.05, 4.69) is 5.32 Å². The Labute approximate surface area is 98.9 Å². The van der Waals surface area contributed by atoms with Crippen molar-refractivity contribution >= 4 is 0 Å². The van der Waals surface area contributed by atoms with Crippen molar-refractivity contribution in [3.63, 3.8) is 0 Å². The Morgan fingerprint density at radius 1 is 1.25 bits per heavy atom. The Hall–Kier alpha value is -0.120. The maximum Gasteiger partial charge on any atom is 0.0576 e. The molecule has 0 bridgehead atoms. The van der Waals surface area contributed by atoms with Crippen molar-refractivity contribution in [3.8, 4) is 0 Å². The van der Waals surface area contributed by atoms with Crippen molar-refractivity contribution in [3.05, 3.63) is 0 Å². The molecule has 2 aliphatic rings. The Kier molecular flexibility index (Phi) is 5.59. The highest BCUT2D eigenvalue weighted by molar-refractivity contribution is 4.68. The van der Waals surface area contributed by atoms with Crippen LogP contribution in [-0.4, -0.2) is 39.0 Å². The summed E-state index contributed by atoms with van der Waals surface area (Å²) < 4.78 is 11.3. The van der Waals surface area contributed by atoms with E-state index >= 15 is 0 Å². The Balaban J connectivity index is 1.42. The van der Waals surface area contributed by atoms with Crippen molar-refractivity contribution in [1.29, 1.82) is 0 Å². The number of nitrogens with one attached hydrogen (secondary N) is 1. The summed E-state index contributed by atoms with van der Waals surface area (Å²) >= 11 is 0. The molecule has 0 saturated carbocycles. The quantitative estimate of drug-likeness (QED) is 0.704. The zero-order valence-electron chi connectivity index (χ0n) is 10.2. The Morgan fingerprint density at radius 3 is 3.00 bits per heavy atom. The molecule has 2 heterocycles. The monoisotopic (exact) mass is 227 g/mol. The van der Waals surface area contributed by atoms with Crippen LogP contribution in [0, 0.1) is 5.92 Å². The average Bonchev–Trinajstić information content (AvgIpc) is 2.83. The van der Waals surface area contributed by atoms with Gasteiger partial charge in [-0.15, -0.1) is 0 Å². The molecule has 94 valence electrons. The minimum absolute atomic E-state index is 0.528. The summed E-state index contributed by atoms with van der Waals surface area (Å²) in [7, 11) is 0. The van der Waals surface area contributed by atoms with Gasteiger partial charge in [-0.3, -0.25) is 0 Å². The van der Waals surface area contributed by atoms with Crippen LogP contribution in [0.15, 0.2) is 0 Å². The van der Waals surface area contributed by atoms with Gasteiger partial charge in [-0.25, -0.2) is 0 Å². The van der Waals surface area contributed by atoms with Crippen molar-refractivity contribution < 1.29 is 9.47 Å². The minimum atomic E-state index is 0.528. The molecule has 16 heavy (non-hydrogen) atoms. The fraction of sp³-hybridized carbons (Fsp3) is 1.00. The fourth-order valence-corrected chi connectivity index (χ4v) is 2.60. The second kappa shape index (κ2) is 7.25.